The largest absolute Gasteiger partial charge is 0.481 e. The van der Waals surface area contributed by atoms with Gasteiger partial charge in [-0.3, -0.25) is 9.59 Å². The fourth-order valence-electron chi connectivity index (χ4n) is 3.11. The van der Waals surface area contributed by atoms with Crippen molar-refractivity contribution in [2.75, 3.05) is 6.54 Å². The third-order valence-electron chi connectivity index (χ3n) is 4.20. The molecule has 0 radical (unpaired) electrons. The van der Waals surface area contributed by atoms with Crippen LogP contribution in [0.4, 0.5) is 4.79 Å². The maximum Gasteiger partial charge on any atom is 0.410 e. The zero-order valence-electron chi connectivity index (χ0n) is 14.9. The van der Waals surface area contributed by atoms with Crippen LogP contribution in [0.3, 0.4) is 0 Å². The average Bonchev–Trinajstić information content (AvgIpc) is 2.44. The smallest absolute Gasteiger partial charge is 0.410 e. The Morgan fingerprint density at radius 1 is 1.12 bits per heavy atom. The zero-order valence-corrected chi connectivity index (χ0v) is 14.9. The molecule has 1 saturated carbocycles. The van der Waals surface area contributed by atoms with E-state index in [0.29, 0.717) is 6.42 Å². The number of esters is 1. The van der Waals surface area contributed by atoms with Crippen molar-refractivity contribution >= 4 is 18.0 Å². The second-order valence-electron chi connectivity index (χ2n) is 7.00. The van der Waals surface area contributed by atoms with Crippen LogP contribution in [0.5, 0.6) is 0 Å². The molecule has 1 rings (SSSR count). The number of carboxylic acids is 1. The predicted octanol–water partition coefficient (Wildman–Crippen LogP) is 3.22. The van der Waals surface area contributed by atoms with Crippen LogP contribution in [0.25, 0.3) is 0 Å². The van der Waals surface area contributed by atoms with Gasteiger partial charge >= 0.3 is 18.0 Å². The first-order valence-electron chi connectivity index (χ1n) is 8.58. The highest BCUT2D eigenvalue weighted by atomic mass is 16.7. The first kappa shape index (κ1) is 20.3. The van der Waals surface area contributed by atoms with E-state index in [-0.39, 0.29) is 19.4 Å². The van der Waals surface area contributed by atoms with Gasteiger partial charge in [0, 0.05) is 26.8 Å². The van der Waals surface area contributed by atoms with Crippen molar-refractivity contribution in [3.63, 3.8) is 0 Å². The lowest BCUT2D eigenvalue weighted by Gasteiger charge is -2.36. The summed E-state index contributed by atoms with van der Waals surface area (Å²) in [6, 6.07) is 0. The van der Waals surface area contributed by atoms with Crippen molar-refractivity contribution in [2.45, 2.75) is 77.9 Å². The van der Waals surface area contributed by atoms with Gasteiger partial charge in [-0.05, 0) is 24.7 Å². The molecule has 138 valence electrons. The van der Waals surface area contributed by atoms with E-state index in [2.05, 4.69) is 5.32 Å². The van der Waals surface area contributed by atoms with Crippen LogP contribution in [0.2, 0.25) is 0 Å². The fourth-order valence-corrected chi connectivity index (χ4v) is 3.11. The number of nitrogens with one attached hydrogen (secondary N) is 1. The van der Waals surface area contributed by atoms with Gasteiger partial charge in [-0.25, -0.2) is 4.79 Å². The summed E-state index contributed by atoms with van der Waals surface area (Å²) < 4.78 is 10.3. The summed E-state index contributed by atoms with van der Waals surface area (Å²) in [6.07, 6.45) is 4.79. The second kappa shape index (κ2) is 8.89. The molecule has 1 amide bonds. The molecule has 0 unspecified atom stereocenters. The molecule has 0 bridgehead atoms. The Morgan fingerprint density at radius 2 is 1.75 bits per heavy atom. The highest BCUT2D eigenvalue weighted by molar-refractivity contribution is 5.71. The van der Waals surface area contributed by atoms with Gasteiger partial charge in [0.05, 0.1) is 6.42 Å². The molecule has 1 aliphatic rings. The number of ether oxygens (including phenoxy) is 2. The van der Waals surface area contributed by atoms with Crippen LogP contribution >= 0.6 is 0 Å². The third kappa shape index (κ3) is 7.19. The predicted molar refractivity (Wildman–Crippen MR) is 87.3 cm³/mol. The van der Waals surface area contributed by atoms with E-state index in [1.54, 1.807) is 0 Å². The van der Waals surface area contributed by atoms with Crippen LogP contribution in [0, 0.1) is 5.41 Å². The number of amides is 1. The molecule has 2 N–H and O–H groups in total. The molecular weight excluding hydrogens is 314 g/mol. The summed E-state index contributed by atoms with van der Waals surface area (Å²) in [6.45, 7) is 5.09. The lowest BCUT2D eigenvalue weighted by molar-refractivity contribution is -0.194. The Balaban J connectivity index is 2.53. The van der Waals surface area contributed by atoms with Gasteiger partial charge in [-0.15, -0.1) is 0 Å². The molecule has 0 aromatic rings. The molecule has 1 aliphatic carbocycles. The molecule has 0 aliphatic heterocycles. The van der Waals surface area contributed by atoms with E-state index in [9.17, 15) is 14.4 Å². The van der Waals surface area contributed by atoms with Crippen molar-refractivity contribution in [1.82, 2.24) is 5.32 Å². The quantitative estimate of drug-likeness (QED) is 0.518. The van der Waals surface area contributed by atoms with Crippen molar-refractivity contribution in [2.24, 2.45) is 5.41 Å². The monoisotopic (exact) mass is 343 g/mol. The minimum absolute atomic E-state index is 0.0299. The third-order valence-corrected chi connectivity index (χ3v) is 4.20. The van der Waals surface area contributed by atoms with Gasteiger partial charge in [0.15, 0.2) is 0 Å². The lowest BCUT2D eigenvalue weighted by Crippen LogP contribution is -2.44. The molecule has 1 fully saturated rings. The molecular formula is C17H29NO6. The van der Waals surface area contributed by atoms with Crippen LogP contribution < -0.4 is 5.32 Å². The Kier molecular flexibility index (Phi) is 7.51. The fraction of sp³-hybridized carbons (Fsp3) is 0.824. The van der Waals surface area contributed by atoms with Gasteiger partial charge < -0.3 is 19.9 Å². The molecule has 7 heteroatoms. The summed E-state index contributed by atoms with van der Waals surface area (Å²) >= 11 is 0. The van der Waals surface area contributed by atoms with Crippen LogP contribution in [0.1, 0.15) is 72.1 Å². The van der Waals surface area contributed by atoms with E-state index >= 15 is 0 Å². The Morgan fingerprint density at radius 3 is 2.29 bits per heavy atom. The van der Waals surface area contributed by atoms with E-state index in [0.717, 1.165) is 32.1 Å². The first-order valence-corrected chi connectivity index (χ1v) is 8.58. The average molecular weight is 343 g/mol. The number of hydrogen-bond acceptors (Lipinski definition) is 5. The van der Waals surface area contributed by atoms with Crippen LogP contribution in [-0.2, 0) is 19.1 Å². The van der Waals surface area contributed by atoms with Crippen molar-refractivity contribution in [3.05, 3.63) is 0 Å². The van der Waals surface area contributed by atoms with Crippen molar-refractivity contribution in [1.29, 1.82) is 0 Å². The van der Waals surface area contributed by atoms with E-state index in [1.807, 2.05) is 6.92 Å². The number of carbonyl (C=O) groups excluding carboxylic acids is 2. The Bertz CT molecular complexity index is 454. The van der Waals surface area contributed by atoms with E-state index < -0.39 is 29.2 Å². The summed E-state index contributed by atoms with van der Waals surface area (Å²) in [5.41, 5.74) is -0.424. The molecule has 0 aromatic carbocycles. The number of alkyl carbamates (subject to hydrolysis) is 1. The summed E-state index contributed by atoms with van der Waals surface area (Å²) in [7, 11) is 0. The standard InChI is InChI=1S/C17H29NO6/c1-4-8-14(21)23-16(2,3)24-15(22)18-12-17(11-13(19)20)9-6-5-7-10-17/h4-12H2,1-3H3,(H,18,22)(H,19,20). The van der Waals surface area contributed by atoms with Gasteiger partial charge in [-0.2, -0.15) is 0 Å². The highest BCUT2D eigenvalue weighted by Crippen LogP contribution is 2.38. The zero-order chi connectivity index (χ0) is 18.2. The maximum atomic E-state index is 12.0. The lowest BCUT2D eigenvalue weighted by atomic mass is 9.72. The Hall–Kier alpha value is -1.79. The summed E-state index contributed by atoms with van der Waals surface area (Å²) in [5, 5.41) is 11.8. The summed E-state index contributed by atoms with van der Waals surface area (Å²) in [4.78, 5) is 34.6. The summed E-state index contributed by atoms with van der Waals surface area (Å²) in [5.74, 6) is -2.64. The van der Waals surface area contributed by atoms with E-state index in [4.69, 9.17) is 14.6 Å². The number of aliphatic carboxylic acids is 1. The van der Waals surface area contributed by atoms with Crippen LogP contribution in [-0.4, -0.2) is 35.5 Å². The number of carboxylic acid groups (broad SMARTS) is 1. The second-order valence-corrected chi connectivity index (χ2v) is 7.00. The molecule has 0 heterocycles. The van der Waals surface area contributed by atoms with Crippen molar-refractivity contribution in [3.8, 4) is 0 Å². The minimum atomic E-state index is -1.36. The number of carbonyl (C=O) groups is 3. The molecule has 0 atom stereocenters. The maximum absolute atomic E-state index is 12.0. The highest BCUT2D eigenvalue weighted by Gasteiger charge is 2.35. The normalized spacial score (nSPS) is 17.0. The number of hydrogen-bond donors (Lipinski definition) is 2. The van der Waals surface area contributed by atoms with Gasteiger partial charge in [-0.1, -0.05) is 26.2 Å². The van der Waals surface area contributed by atoms with Crippen molar-refractivity contribution < 1.29 is 29.0 Å². The minimum Gasteiger partial charge on any atom is -0.481 e. The first-order chi connectivity index (χ1) is 11.2. The topological polar surface area (TPSA) is 102 Å². The van der Waals surface area contributed by atoms with Gasteiger partial charge in [0.1, 0.15) is 0 Å². The Labute approximate surface area is 143 Å². The van der Waals surface area contributed by atoms with Gasteiger partial charge in [0.2, 0.25) is 0 Å². The molecule has 0 spiro atoms. The molecule has 0 aromatic heterocycles. The molecule has 7 nitrogen and oxygen atoms in total. The molecule has 0 saturated heterocycles. The number of rotatable bonds is 8. The van der Waals surface area contributed by atoms with Gasteiger partial charge in [0.25, 0.3) is 5.79 Å². The SMILES string of the molecule is CCCC(=O)OC(C)(C)OC(=O)NCC1(CC(=O)O)CCCCC1. The van der Waals surface area contributed by atoms with E-state index in [1.165, 1.54) is 13.8 Å². The van der Waals surface area contributed by atoms with Crippen LogP contribution in [0.15, 0.2) is 0 Å². The molecule has 24 heavy (non-hydrogen) atoms.